The molecule has 2 aromatic rings. The molecule has 6 nitrogen and oxygen atoms in total. The third kappa shape index (κ3) is 3.25. The molecule has 22 heavy (non-hydrogen) atoms. The molecule has 0 N–H and O–H groups in total. The van der Waals surface area contributed by atoms with Crippen molar-refractivity contribution in [3.05, 3.63) is 22.5 Å². The van der Waals surface area contributed by atoms with Crippen LogP contribution in [0, 0.1) is 6.92 Å². The summed E-state index contributed by atoms with van der Waals surface area (Å²) in [4.78, 5) is 16.6. The molecular weight excluding hydrogens is 304 g/mol. The van der Waals surface area contributed by atoms with E-state index in [1.165, 1.54) is 11.6 Å². The largest absolute Gasteiger partial charge is 0.467 e. The zero-order valence-electron chi connectivity index (χ0n) is 13.6. The zero-order chi connectivity index (χ0) is 16.7. The second kappa shape index (κ2) is 5.89. The summed E-state index contributed by atoms with van der Waals surface area (Å²) in [6.45, 7) is 7.36. The first-order chi connectivity index (χ1) is 10.1. The first-order valence-electron chi connectivity index (χ1n) is 6.92. The van der Waals surface area contributed by atoms with Gasteiger partial charge in [0.2, 0.25) is 0 Å². The average molecular weight is 324 g/mol. The van der Waals surface area contributed by atoms with Crippen molar-refractivity contribution in [3.8, 4) is 0 Å². The predicted octanol–water partition coefficient (Wildman–Crippen LogP) is 0.979. The molecule has 0 spiro atoms. The SMILES string of the molecule is Bc1cc2nc(C)c(C(OC(C)(C)C)C(=O)OC)c(Cl)n2n1. The van der Waals surface area contributed by atoms with Crippen molar-refractivity contribution < 1.29 is 14.3 Å². The topological polar surface area (TPSA) is 65.7 Å². The van der Waals surface area contributed by atoms with Crippen molar-refractivity contribution in [2.24, 2.45) is 0 Å². The highest BCUT2D eigenvalue weighted by atomic mass is 35.5. The Kier molecular flexibility index (Phi) is 4.49. The van der Waals surface area contributed by atoms with Crippen molar-refractivity contribution in [2.75, 3.05) is 7.11 Å². The van der Waals surface area contributed by atoms with Gasteiger partial charge < -0.3 is 9.47 Å². The minimum Gasteiger partial charge on any atom is -0.467 e. The van der Waals surface area contributed by atoms with Gasteiger partial charge in [0, 0.05) is 11.3 Å². The van der Waals surface area contributed by atoms with Crippen LogP contribution >= 0.6 is 11.6 Å². The van der Waals surface area contributed by atoms with Crippen LogP contribution in [-0.4, -0.2) is 41.1 Å². The van der Waals surface area contributed by atoms with Gasteiger partial charge in [0.05, 0.1) is 18.3 Å². The normalized spacial score (nSPS) is 13.4. The van der Waals surface area contributed by atoms with Gasteiger partial charge in [0.1, 0.15) is 5.15 Å². The fraction of sp³-hybridized carbons (Fsp3) is 0.500. The minimum atomic E-state index is -0.959. The molecule has 0 saturated carbocycles. The number of halogens is 1. The van der Waals surface area contributed by atoms with Crippen LogP contribution in [0.25, 0.3) is 5.65 Å². The van der Waals surface area contributed by atoms with Crippen LogP contribution < -0.4 is 5.59 Å². The van der Waals surface area contributed by atoms with Crippen LogP contribution in [0.3, 0.4) is 0 Å². The molecule has 2 rings (SSSR count). The lowest BCUT2D eigenvalue weighted by Crippen LogP contribution is -2.29. The molecule has 1 unspecified atom stereocenters. The number of hydrogen-bond acceptors (Lipinski definition) is 5. The third-order valence-corrected chi connectivity index (χ3v) is 3.41. The maximum atomic E-state index is 12.2. The number of ether oxygens (including phenoxy) is 2. The number of aromatic nitrogens is 3. The molecular formula is C14H19BClN3O3. The van der Waals surface area contributed by atoms with Gasteiger partial charge in [0.15, 0.2) is 19.6 Å². The Morgan fingerprint density at radius 2 is 2.09 bits per heavy atom. The fourth-order valence-electron chi connectivity index (χ4n) is 2.19. The summed E-state index contributed by atoms with van der Waals surface area (Å²) < 4.78 is 12.2. The number of fused-ring (bicyclic) bond motifs is 1. The summed E-state index contributed by atoms with van der Waals surface area (Å²) in [6.07, 6.45) is -0.959. The lowest BCUT2D eigenvalue weighted by molar-refractivity contribution is -0.164. The van der Waals surface area contributed by atoms with E-state index >= 15 is 0 Å². The van der Waals surface area contributed by atoms with E-state index in [0.29, 0.717) is 22.1 Å². The molecule has 0 bridgehead atoms. The molecule has 0 radical (unpaired) electrons. The molecule has 0 aliphatic rings. The fourth-order valence-corrected chi connectivity index (χ4v) is 2.55. The Morgan fingerprint density at radius 3 is 2.64 bits per heavy atom. The molecule has 2 heterocycles. The molecule has 0 aromatic carbocycles. The van der Waals surface area contributed by atoms with Crippen molar-refractivity contribution in [2.45, 2.75) is 39.4 Å². The number of nitrogens with zero attached hydrogens (tertiary/aromatic N) is 3. The molecule has 0 aliphatic heterocycles. The lowest BCUT2D eigenvalue weighted by Gasteiger charge is -2.27. The summed E-state index contributed by atoms with van der Waals surface area (Å²) in [6, 6.07) is 1.82. The first-order valence-corrected chi connectivity index (χ1v) is 7.30. The summed E-state index contributed by atoms with van der Waals surface area (Å²) in [5, 5.41) is 4.59. The standard InChI is InChI=1S/C14H19BClN3O3/c1-7-10(11(13(20)21-5)22-14(2,3)4)12(16)19-9(17-7)6-8(15)18-19/h6,11H,15H2,1-5H3. The maximum absolute atomic E-state index is 12.2. The van der Waals surface area contributed by atoms with E-state index in [1.54, 1.807) is 6.92 Å². The third-order valence-electron chi connectivity index (χ3n) is 3.04. The Bertz CT molecular complexity index is 724. The Hall–Kier alpha value is -1.60. The molecule has 0 amide bonds. The summed E-state index contributed by atoms with van der Waals surface area (Å²) in [5.74, 6) is -0.523. The van der Waals surface area contributed by atoms with E-state index in [4.69, 9.17) is 21.1 Å². The van der Waals surface area contributed by atoms with Gasteiger partial charge in [-0.05, 0) is 33.8 Å². The van der Waals surface area contributed by atoms with Crippen LogP contribution in [-0.2, 0) is 14.3 Å². The van der Waals surface area contributed by atoms with Gasteiger partial charge in [-0.25, -0.2) is 14.3 Å². The summed E-state index contributed by atoms with van der Waals surface area (Å²) >= 11 is 6.46. The lowest BCUT2D eigenvalue weighted by atomic mass is 10.1. The Labute approximate surface area is 135 Å². The number of esters is 1. The maximum Gasteiger partial charge on any atom is 0.339 e. The highest BCUT2D eigenvalue weighted by Crippen LogP contribution is 2.32. The highest BCUT2D eigenvalue weighted by Gasteiger charge is 2.32. The van der Waals surface area contributed by atoms with Crippen LogP contribution in [0.2, 0.25) is 5.15 Å². The molecule has 8 heteroatoms. The quantitative estimate of drug-likeness (QED) is 0.478. The van der Waals surface area contributed by atoms with Crippen molar-refractivity contribution in [3.63, 3.8) is 0 Å². The predicted molar refractivity (Wildman–Crippen MR) is 86.5 cm³/mol. The van der Waals surface area contributed by atoms with E-state index in [0.717, 1.165) is 5.59 Å². The van der Waals surface area contributed by atoms with Crippen LogP contribution in [0.5, 0.6) is 0 Å². The molecule has 2 aromatic heterocycles. The zero-order valence-corrected chi connectivity index (χ0v) is 14.4. The van der Waals surface area contributed by atoms with Gasteiger partial charge in [-0.2, -0.15) is 5.10 Å². The van der Waals surface area contributed by atoms with E-state index in [1.807, 2.05) is 34.7 Å². The molecule has 0 fully saturated rings. The van der Waals surface area contributed by atoms with Crippen LogP contribution in [0.4, 0.5) is 0 Å². The van der Waals surface area contributed by atoms with Gasteiger partial charge in [-0.1, -0.05) is 11.6 Å². The number of hydrogen-bond donors (Lipinski definition) is 0. The van der Waals surface area contributed by atoms with E-state index in [9.17, 15) is 4.79 Å². The summed E-state index contributed by atoms with van der Waals surface area (Å²) in [7, 11) is 3.16. The Balaban J connectivity index is 2.64. The molecule has 1 atom stereocenters. The van der Waals surface area contributed by atoms with Crippen molar-refractivity contribution >= 4 is 36.7 Å². The second-order valence-corrected chi connectivity index (χ2v) is 6.45. The number of carbonyl (C=O) groups is 1. The minimum absolute atomic E-state index is 0.301. The molecule has 118 valence electrons. The van der Waals surface area contributed by atoms with Crippen molar-refractivity contribution in [1.82, 2.24) is 14.6 Å². The smallest absolute Gasteiger partial charge is 0.339 e. The number of carbonyl (C=O) groups excluding carboxylic acids is 1. The van der Waals surface area contributed by atoms with Gasteiger partial charge in [-0.3, -0.25) is 0 Å². The Morgan fingerprint density at radius 1 is 1.45 bits per heavy atom. The molecule has 0 saturated heterocycles. The number of methoxy groups -OCH3 is 1. The van der Waals surface area contributed by atoms with Gasteiger partial charge in [-0.15, -0.1) is 0 Å². The van der Waals surface area contributed by atoms with Crippen molar-refractivity contribution in [1.29, 1.82) is 0 Å². The highest BCUT2D eigenvalue weighted by molar-refractivity contribution is 6.32. The van der Waals surface area contributed by atoms with Gasteiger partial charge in [0.25, 0.3) is 0 Å². The van der Waals surface area contributed by atoms with Crippen LogP contribution in [0.1, 0.15) is 38.1 Å². The van der Waals surface area contributed by atoms with Gasteiger partial charge >= 0.3 is 5.97 Å². The molecule has 0 aliphatic carbocycles. The summed E-state index contributed by atoms with van der Waals surface area (Å²) in [5.41, 5.74) is 1.94. The van der Waals surface area contributed by atoms with E-state index < -0.39 is 17.7 Å². The average Bonchev–Trinajstić information content (AvgIpc) is 2.76. The van der Waals surface area contributed by atoms with E-state index in [-0.39, 0.29) is 0 Å². The first kappa shape index (κ1) is 16.8. The number of rotatable bonds is 3. The number of aryl methyl sites for hydroxylation is 1. The monoisotopic (exact) mass is 323 g/mol. The van der Waals surface area contributed by atoms with Crippen LogP contribution in [0.15, 0.2) is 6.07 Å². The van der Waals surface area contributed by atoms with E-state index in [2.05, 4.69) is 10.1 Å². The second-order valence-electron chi connectivity index (χ2n) is 6.09.